The van der Waals surface area contributed by atoms with E-state index in [9.17, 15) is 4.79 Å². The zero-order valence-corrected chi connectivity index (χ0v) is 26.5. The second-order valence-electron chi connectivity index (χ2n) is 12.0. The molecule has 0 aliphatic carbocycles. The summed E-state index contributed by atoms with van der Waals surface area (Å²) in [5.41, 5.74) is 3.84. The Balaban J connectivity index is 1.06. The van der Waals surface area contributed by atoms with Crippen LogP contribution in [0.5, 0.6) is 5.75 Å². The van der Waals surface area contributed by atoms with Gasteiger partial charge in [-0.2, -0.15) is 0 Å². The molecule has 0 unspecified atom stereocenters. The maximum absolute atomic E-state index is 13.0. The summed E-state index contributed by atoms with van der Waals surface area (Å²) >= 11 is 0. The third-order valence-corrected chi connectivity index (χ3v) is 8.90. The smallest absolute Gasteiger partial charge is 0.321 e. The van der Waals surface area contributed by atoms with E-state index in [1.165, 1.54) is 5.70 Å². The number of rotatable bonds is 11. The topological polar surface area (TPSA) is 86.3 Å². The number of nitrogens with one attached hydrogen (secondary N) is 1. The molecular weight excluding hydrogens is 554 g/mol. The van der Waals surface area contributed by atoms with Crippen molar-refractivity contribution in [2.24, 2.45) is 0 Å². The maximum Gasteiger partial charge on any atom is 0.321 e. The first-order valence-electron chi connectivity index (χ1n) is 16.2. The lowest BCUT2D eigenvalue weighted by atomic mass is 9.91. The van der Waals surface area contributed by atoms with Gasteiger partial charge >= 0.3 is 6.03 Å². The van der Waals surface area contributed by atoms with Crippen molar-refractivity contribution in [3.63, 3.8) is 0 Å². The van der Waals surface area contributed by atoms with Gasteiger partial charge in [-0.3, -0.25) is 0 Å². The second-order valence-corrected chi connectivity index (χ2v) is 12.0. The number of aromatic nitrogens is 2. The van der Waals surface area contributed by atoms with Crippen LogP contribution in [0.15, 0.2) is 60.7 Å². The molecular formula is C34H49N7O3. The number of likely N-dealkylation sites (N-methyl/N-ethyl adjacent to an activating group) is 1. The van der Waals surface area contributed by atoms with Crippen LogP contribution in [0, 0.1) is 0 Å². The molecule has 10 heteroatoms. The third-order valence-electron chi connectivity index (χ3n) is 8.90. The Labute approximate surface area is 262 Å². The summed E-state index contributed by atoms with van der Waals surface area (Å²) in [6.07, 6.45) is 11.3. The minimum absolute atomic E-state index is 0.0803. The number of hydrogen-bond acceptors (Lipinski definition) is 8. The fourth-order valence-corrected chi connectivity index (χ4v) is 6.19. The first kappa shape index (κ1) is 31.9. The molecule has 0 saturated carbocycles. The highest BCUT2D eigenvalue weighted by Gasteiger charge is 2.26. The molecule has 1 aromatic carbocycles. The largest absolute Gasteiger partial charge is 0.493 e. The lowest BCUT2D eigenvalue weighted by Gasteiger charge is -2.32. The van der Waals surface area contributed by atoms with E-state index in [-0.39, 0.29) is 11.9 Å². The van der Waals surface area contributed by atoms with Crippen molar-refractivity contribution in [3.8, 4) is 5.75 Å². The Morgan fingerprint density at radius 1 is 1.07 bits per heavy atom. The van der Waals surface area contributed by atoms with Gasteiger partial charge in [-0.25, -0.2) is 14.8 Å². The zero-order chi connectivity index (χ0) is 30.7. The normalized spacial score (nSPS) is 19.5. The molecule has 5 rings (SSSR count). The lowest BCUT2D eigenvalue weighted by molar-refractivity contribution is 0.0553. The van der Waals surface area contributed by atoms with Gasteiger partial charge < -0.3 is 34.4 Å². The van der Waals surface area contributed by atoms with E-state index in [2.05, 4.69) is 67.9 Å². The molecule has 3 saturated heterocycles. The Kier molecular flexibility index (Phi) is 11.6. The standard InChI is InChI=1S/C34H49N7O3/c1-4-29(40-20-23-43-24-21-40)8-5-7-27(2)37-34(42)41-14-11-28(12-15-41)33-31-10-9-30(25-32(31)35-26-36-33)44-22-6-13-39-18-16-38(3)17-19-39/h4-5,8-10,25-26,28H,2,6-7,11-24H2,1,3H3,(H,37,42)/b8-5-,29-4+. The van der Waals surface area contributed by atoms with E-state index in [0.29, 0.717) is 31.8 Å². The highest BCUT2D eigenvalue weighted by Crippen LogP contribution is 2.32. The quantitative estimate of drug-likeness (QED) is 0.302. The lowest BCUT2D eigenvalue weighted by Crippen LogP contribution is -2.44. The summed E-state index contributed by atoms with van der Waals surface area (Å²) in [4.78, 5) is 31.3. The fourth-order valence-electron chi connectivity index (χ4n) is 6.19. The monoisotopic (exact) mass is 603 g/mol. The van der Waals surface area contributed by atoms with E-state index in [1.54, 1.807) is 6.33 Å². The SMILES string of the molecule is C=C(C/C=C\C(=C/C)N1CCOCC1)NC(=O)N1CCC(c2ncnc3cc(OCCCN4CCN(C)CC4)ccc23)CC1. The van der Waals surface area contributed by atoms with Gasteiger partial charge in [-0.05, 0) is 51.4 Å². The van der Waals surface area contributed by atoms with Crippen LogP contribution in [-0.2, 0) is 4.74 Å². The number of urea groups is 1. The molecule has 10 nitrogen and oxygen atoms in total. The molecule has 3 aliphatic rings. The molecule has 44 heavy (non-hydrogen) atoms. The molecule has 2 aromatic rings. The number of piperidine rings is 1. The van der Waals surface area contributed by atoms with Crippen molar-refractivity contribution < 1.29 is 14.3 Å². The average Bonchev–Trinajstić information content (AvgIpc) is 3.06. The predicted octanol–water partition coefficient (Wildman–Crippen LogP) is 4.23. The van der Waals surface area contributed by atoms with Crippen molar-refractivity contribution >= 4 is 16.9 Å². The number of piperazine rings is 1. The summed E-state index contributed by atoms with van der Waals surface area (Å²) in [6, 6.07) is 6.07. The number of allylic oxidation sites excluding steroid dienone is 3. The van der Waals surface area contributed by atoms with Crippen LogP contribution < -0.4 is 10.1 Å². The molecule has 0 spiro atoms. The molecule has 0 atom stereocenters. The van der Waals surface area contributed by atoms with Crippen LogP contribution in [0.3, 0.4) is 0 Å². The summed E-state index contributed by atoms with van der Waals surface area (Å²) in [5.74, 6) is 1.13. The Morgan fingerprint density at radius 2 is 1.84 bits per heavy atom. The highest BCUT2D eigenvalue weighted by atomic mass is 16.5. The summed E-state index contributed by atoms with van der Waals surface area (Å²) in [7, 11) is 2.18. The molecule has 3 fully saturated rings. The number of fused-ring (bicyclic) bond motifs is 1. The van der Waals surface area contributed by atoms with Crippen molar-refractivity contribution in [1.82, 2.24) is 34.9 Å². The van der Waals surface area contributed by atoms with E-state index >= 15 is 0 Å². The molecule has 1 N–H and O–H groups in total. The number of ether oxygens (including phenoxy) is 2. The number of morpholine rings is 1. The van der Waals surface area contributed by atoms with Crippen molar-refractivity contribution in [3.05, 3.63) is 66.4 Å². The second kappa shape index (κ2) is 16.0. The molecule has 3 aliphatic heterocycles. The van der Waals surface area contributed by atoms with Gasteiger partial charge in [-0.1, -0.05) is 18.7 Å². The summed E-state index contributed by atoms with van der Waals surface area (Å²) < 4.78 is 11.5. The van der Waals surface area contributed by atoms with Crippen LogP contribution in [0.1, 0.15) is 44.2 Å². The third kappa shape index (κ3) is 8.80. The number of carbonyl (C=O) groups excluding carboxylic acids is 1. The Bertz CT molecular complexity index is 1310. The van der Waals surface area contributed by atoms with Gasteiger partial charge in [0.15, 0.2) is 0 Å². The fraction of sp³-hybridized carbons (Fsp3) is 0.559. The van der Waals surface area contributed by atoms with Crippen LogP contribution >= 0.6 is 0 Å². The number of carbonyl (C=O) groups is 1. The number of hydrogen-bond donors (Lipinski definition) is 1. The van der Waals surface area contributed by atoms with Crippen molar-refractivity contribution in [1.29, 1.82) is 0 Å². The molecule has 2 amide bonds. The molecule has 0 radical (unpaired) electrons. The van der Waals surface area contributed by atoms with Gasteiger partial charge in [0.2, 0.25) is 0 Å². The zero-order valence-electron chi connectivity index (χ0n) is 26.5. The summed E-state index contributed by atoms with van der Waals surface area (Å²) in [5, 5.41) is 4.06. The minimum atomic E-state index is -0.0803. The van der Waals surface area contributed by atoms with Gasteiger partial charge in [0.25, 0.3) is 0 Å². The summed E-state index contributed by atoms with van der Waals surface area (Å²) in [6.45, 7) is 17.1. The average molecular weight is 604 g/mol. The van der Waals surface area contributed by atoms with Crippen LogP contribution in [-0.4, -0.2) is 121 Å². The highest BCUT2D eigenvalue weighted by molar-refractivity contribution is 5.82. The molecule has 0 bridgehead atoms. The maximum atomic E-state index is 13.0. The molecule has 238 valence electrons. The first-order chi connectivity index (χ1) is 21.5. The van der Waals surface area contributed by atoms with Gasteiger partial charge in [-0.15, -0.1) is 0 Å². The number of benzene rings is 1. The Hall–Kier alpha value is -3.47. The number of nitrogens with zero attached hydrogens (tertiary/aromatic N) is 6. The van der Waals surface area contributed by atoms with Crippen molar-refractivity contribution in [2.75, 3.05) is 85.8 Å². The minimum Gasteiger partial charge on any atom is -0.493 e. The molecule has 4 heterocycles. The van der Waals surface area contributed by atoms with Crippen LogP contribution in [0.4, 0.5) is 4.79 Å². The van der Waals surface area contributed by atoms with E-state index in [0.717, 1.165) is 101 Å². The number of amides is 2. The number of likely N-dealkylation sites (tertiary alicyclic amines) is 1. The predicted molar refractivity (Wildman–Crippen MR) is 175 cm³/mol. The van der Waals surface area contributed by atoms with Crippen LogP contribution in [0.2, 0.25) is 0 Å². The first-order valence-corrected chi connectivity index (χ1v) is 16.2. The van der Waals surface area contributed by atoms with Gasteiger partial charge in [0.05, 0.1) is 31.0 Å². The van der Waals surface area contributed by atoms with E-state index in [4.69, 9.17) is 9.47 Å². The van der Waals surface area contributed by atoms with Gasteiger partial charge in [0, 0.05) is 94.1 Å². The van der Waals surface area contributed by atoms with Crippen molar-refractivity contribution in [2.45, 2.75) is 38.5 Å². The Morgan fingerprint density at radius 3 is 2.59 bits per heavy atom. The van der Waals surface area contributed by atoms with Gasteiger partial charge in [0.1, 0.15) is 12.1 Å². The molecule has 1 aromatic heterocycles. The van der Waals surface area contributed by atoms with E-state index in [1.807, 2.05) is 24.0 Å². The van der Waals surface area contributed by atoms with E-state index < -0.39 is 0 Å². The van der Waals surface area contributed by atoms with Crippen LogP contribution in [0.25, 0.3) is 10.9 Å².